The molecule has 4 nitrogen and oxygen atoms in total. The highest BCUT2D eigenvalue weighted by Gasteiger charge is 2.34. The first-order chi connectivity index (χ1) is 9.77. The van der Waals surface area contributed by atoms with Crippen molar-refractivity contribution in [2.24, 2.45) is 0 Å². The quantitative estimate of drug-likeness (QED) is 0.908. The van der Waals surface area contributed by atoms with Gasteiger partial charge in [-0.1, -0.05) is 18.2 Å². The molecule has 1 aromatic carbocycles. The summed E-state index contributed by atoms with van der Waals surface area (Å²) in [6.45, 7) is -0.414. The average molecular weight is 301 g/mol. The van der Waals surface area contributed by atoms with Crippen LogP contribution in [0.2, 0.25) is 0 Å². The number of aliphatic carboxylic acids is 1. The Morgan fingerprint density at radius 2 is 1.95 bits per heavy atom. The normalized spacial score (nSPS) is 14.8. The second kappa shape index (κ2) is 5.75. The SMILES string of the molecule is O=C(O)CN(C(=O)Cc1cccc(C(F)(F)F)c1)C1CC1. The standard InChI is InChI=1S/C14H14F3NO3/c15-14(16,17)10-3-1-2-9(6-10)7-12(19)18(8-13(20)21)11-4-5-11/h1-3,6,11H,4-5,7-8H2,(H,20,21). The van der Waals surface area contributed by atoms with Crippen molar-refractivity contribution in [1.82, 2.24) is 4.90 Å². The number of halogens is 3. The molecule has 1 fully saturated rings. The zero-order valence-corrected chi connectivity index (χ0v) is 11.1. The van der Waals surface area contributed by atoms with Gasteiger partial charge in [0.1, 0.15) is 6.54 Å². The predicted octanol–water partition coefficient (Wildman–Crippen LogP) is 2.32. The molecule has 0 radical (unpaired) electrons. The third-order valence-corrected chi connectivity index (χ3v) is 3.22. The third-order valence-electron chi connectivity index (χ3n) is 3.22. The van der Waals surface area contributed by atoms with Crippen molar-refractivity contribution < 1.29 is 27.9 Å². The highest BCUT2D eigenvalue weighted by molar-refractivity contribution is 5.83. The lowest BCUT2D eigenvalue weighted by atomic mass is 10.1. The number of rotatable bonds is 5. The topological polar surface area (TPSA) is 57.6 Å². The van der Waals surface area contributed by atoms with E-state index in [4.69, 9.17) is 5.11 Å². The first-order valence-corrected chi connectivity index (χ1v) is 6.45. The minimum absolute atomic E-state index is 0.0978. The first-order valence-electron chi connectivity index (χ1n) is 6.45. The van der Waals surface area contributed by atoms with Gasteiger partial charge in [0.05, 0.1) is 12.0 Å². The second-order valence-electron chi connectivity index (χ2n) is 5.02. The van der Waals surface area contributed by atoms with Crippen LogP contribution < -0.4 is 0 Å². The molecule has 0 atom stereocenters. The van der Waals surface area contributed by atoms with Crippen LogP contribution in [0.25, 0.3) is 0 Å². The van der Waals surface area contributed by atoms with Gasteiger partial charge in [-0.3, -0.25) is 9.59 Å². The molecule has 0 heterocycles. The lowest BCUT2D eigenvalue weighted by Crippen LogP contribution is -2.38. The van der Waals surface area contributed by atoms with E-state index in [0.29, 0.717) is 0 Å². The van der Waals surface area contributed by atoms with Gasteiger partial charge >= 0.3 is 12.1 Å². The van der Waals surface area contributed by atoms with E-state index < -0.39 is 30.2 Å². The Balaban J connectivity index is 2.09. The molecule has 21 heavy (non-hydrogen) atoms. The van der Waals surface area contributed by atoms with Crippen LogP contribution in [-0.4, -0.2) is 34.5 Å². The summed E-state index contributed by atoms with van der Waals surface area (Å²) in [5.74, 6) is -1.58. The molecule has 1 saturated carbocycles. The molecule has 114 valence electrons. The number of hydrogen-bond donors (Lipinski definition) is 1. The van der Waals surface area contributed by atoms with Crippen molar-refractivity contribution in [2.45, 2.75) is 31.5 Å². The Bertz CT molecular complexity index is 553. The van der Waals surface area contributed by atoms with Gasteiger partial charge in [-0.2, -0.15) is 13.2 Å². The maximum atomic E-state index is 12.6. The first kappa shape index (κ1) is 15.3. The zero-order valence-electron chi connectivity index (χ0n) is 11.1. The number of amides is 1. The van der Waals surface area contributed by atoms with Crippen molar-refractivity contribution in [3.8, 4) is 0 Å². The largest absolute Gasteiger partial charge is 0.480 e. The second-order valence-corrected chi connectivity index (χ2v) is 5.02. The van der Waals surface area contributed by atoms with Crippen LogP contribution >= 0.6 is 0 Å². The number of benzene rings is 1. The Kier molecular flexibility index (Phi) is 4.20. The number of hydrogen-bond acceptors (Lipinski definition) is 2. The summed E-state index contributed by atoms with van der Waals surface area (Å²) in [5, 5.41) is 8.78. The van der Waals surface area contributed by atoms with E-state index in [1.54, 1.807) is 0 Å². The number of nitrogens with zero attached hydrogens (tertiary/aromatic N) is 1. The van der Waals surface area contributed by atoms with Crippen molar-refractivity contribution in [3.63, 3.8) is 0 Å². The molecule has 0 spiro atoms. The average Bonchev–Trinajstić information content (AvgIpc) is 3.19. The summed E-state index contributed by atoms with van der Waals surface area (Å²) in [6.07, 6.45) is -3.22. The van der Waals surface area contributed by atoms with Gasteiger partial charge in [0.25, 0.3) is 0 Å². The van der Waals surface area contributed by atoms with Gasteiger partial charge in [-0.15, -0.1) is 0 Å². The fourth-order valence-electron chi connectivity index (χ4n) is 2.09. The van der Waals surface area contributed by atoms with E-state index in [1.807, 2.05) is 0 Å². The number of alkyl halides is 3. The summed E-state index contributed by atoms with van der Waals surface area (Å²) < 4.78 is 37.8. The van der Waals surface area contributed by atoms with Gasteiger partial charge < -0.3 is 10.0 Å². The smallest absolute Gasteiger partial charge is 0.416 e. The number of carbonyl (C=O) groups excluding carboxylic acids is 1. The number of carboxylic acid groups (broad SMARTS) is 1. The molecule has 1 aliphatic carbocycles. The molecule has 0 unspecified atom stereocenters. The maximum absolute atomic E-state index is 12.6. The van der Waals surface area contributed by atoms with Crippen LogP contribution in [0.5, 0.6) is 0 Å². The molecule has 1 aromatic rings. The highest BCUT2D eigenvalue weighted by Crippen LogP contribution is 2.30. The number of carbonyl (C=O) groups is 2. The molecule has 1 amide bonds. The molecule has 0 aromatic heterocycles. The molecule has 1 aliphatic rings. The maximum Gasteiger partial charge on any atom is 0.416 e. The Labute approximate surface area is 119 Å². The molecular formula is C14H14F3NO3. The minimum atomic E-state index is -4.46. The van der Waals surface area contributed by atoms with Crippen LogP contribution in [0.3, 0.4) is 0 Å². The van der Waals surface area contributed by atoms with E-state index >= 15 is 0 Å². The van der Waals surface area contributed by atoms with Crippen LogP contribution in [0.15, 0.2) is 24.3 Å². The van der Waals surface area contributed by atoms with E-state index in [2.05, 4.69) is 0 Å². The molecular weight excluding hydrogens is 287 g/mol. The number of carboxylic acids is 1. The summed E-state index contributed by atoms with van der Waals surface area (Å²) in [5.41, 5.74) is -0.588. The zero-order chi connectivity index (χ0) is 15.6. The fourth-order valence-corrected chi connectivity index (χ4v) is 2.09. The van der Waals surface area contributed by atoms with Crippen molar-refractivity contribution in [2.75, 3.05) is 6.54 Å². The van der Waals surface area contributed by atoms with Gasteiger partial charge in [0.2, 0.25) is 5.91 Å². The monoisotopic (exact) mass is 301 g/mol. The molecule has 0 saturated heterocycles. The van der Waals surface area contributed by atoms with E-state index in [9.17, 15) is 22.8 Å². The van der Waals surface area contributed by atoms with Crippen LogP contribution in [0.4, 0.5) is 13.2 Å². The summed E-state index contributed by atoms with van der Waals surface area (Å²) in [7, 11) is 0. The van der Waals surface area contributed by atoms with Gasteiger partial charge in [-0.05, 0) is 24.5 Å². The van der Waals surface area contributed by atoms with Crippen molar-refractivity contribution >= 4 is 11.9 Å². The van der Waals surface area contributed by atoms with Gasteiger partial charge in [0.15, 0.2) is 0 Å². The van der Waals surface area contributed by atoms with Crippen molar-refractivity contribution in [1.29, 1.82) is 0 Å². The summed E-state index contributed by atoms with van der Waals surface area (Å²) in [4.78, 5) is 24.0. The van der Waals surface area contributed by atoms with E-state index in [0.717, 1.165) is 25.0 Å². The lowest BCUT2D eigenvalue weighted by Gasteiger charge is -2.20. The molecule has 7 heteroatoms. The molecule has 1 N–H and O–H groups in total. The van der Waals surface area contributed by atoms with Crippen LogP contribution in [0, 0.1) is 0 Å². The van der Waals surface area contributed by atoms with Gasteiger partial charge in [0, 0.05) is 6.04 Å². The Morgan fingerprint density at radius 3 is 2.48 bits per heavy atom. The predicted molar refractivity (Wildman–Crippen MR) is 67.5 cm³/mol. The van der Waals surface area contributed by atoms with E-state index in [-0.39, 0.29) is 18.0 Å². The Morgan fingerprint density at radius 1 is 1.29 bits per heavy atom. The van der Waals surface area contributed by atoms with Crippen LogP contribution in [0.1, 0.15) is 24.0 Å². The fraction of sp³-hybridized carbons (Fsp3) is 0.429. The minimum Gasteiger partial charge on any atom is -0.480 e. The summed E-state index contributed by atoms with van der Waals surface area (Å²) in [6, 6.07) is 4.43. The lowest BCUT2D eigenvalue weighted by molar-refractivity contribution is -0.144. The van der Waals surface area contributed by atoms with Crippen molar-refractivity contribution in [3.05, 3.63) is 35.4 Å². The van der Waals surface area contributed by atoms with E-state index in [1.165, 1.54) is 17.0 Å². The Hall–Kier alpha value is -2.05. The molecule has 0 aliphatic heterocycles. The summed E-state index contributed by atoms with van der Waals surface area (Å²) >= 11 is 0. The highest BCUT2D eigenvalue weighted by atomic mass is 19.4. The van der Waals surface area contributed by atoms with Crippen LogP contribution in [-0.2, 0) is 22.2 Å². The van der Waals surface area contributed by atoms with Gasteiger partial charge in [-0.25, -0.2) is 0 Å². The third kappa shape index (κ3) is 4.21. The molecule has 2 rings (SSSR count). The molecule has 0 bridgehead atoms.